The summed E-state index contributed by atoms with van der Waals surface area (Å²) in [5.74, 6) is -1.04. The van der Waals surface area contributed by atoms with Crippen LogP contribution in [-0.2, 0) is 20.5 Å². The van der Waals surface area contributed by atoms with Crippen molar-refractivity contribution in [1.29, 1.82) is 0 Å². The number of nitrogens with one attached hydrogen (secondary N) is 1. The second-order valence-corrected chi connectivity index (χ2v) is 7.35. The summed E-state index contributed by atoms with van der Waals surface area (Å²) in [5.41, 5.74) is -0.883. The van der Waals surface area contributed by atoms with Gasteiger partial charge in [0.1, 0.15) is 5.75 Å². The lowest BCUT2D eigenvalue weighted by Gasteiger charge is -2.20. The number of hydrogen-bond donors (Lipinski definition) is 2. The first-order chi connectivity index (χ1) is 11.7. The topological polar surface area (TPSA) is 110 Å². The Morgan fingerprint density at radius 2 is 1.80 bits per heavy atom. The molecule has 25 heavy (non-hydrogen) atoms. The minimum absolute atomic E-state index is 0.0710. The summed E-state index contributed by atoms with van der Waals surface area (Å²) >= 11 is 0. The smallest absolute Gasteiger partial charge is 0.306 e. The van der Waals surface area contributed by atoms with Gasteiger partial charge < -0.3 is 14.6 Å². The van der Waals surface area contributed by atoms with Gasteiger partial charge in [-0.05, 0) is 30.3 Å². The van der Waals surface area contributed by atoms with Gasteiger partial charge in [-0.2, -0.15) is 8.42 Å². The average Bonchev–Trinajstić information content (AvgIpc) is 2.78. The highest BCUT2D eigenvalue weighted by atomic mass is 32.2. The van der Waals surface area contributed by atoms with Gasteiger partial charge in [0.05, 0.1) is 12.7 Å². The molecule has 0 saturated carbocycles. The third-order valence-electron chi connectivity index (χ3n) is 3.84. The van der Waals surface area contributed by atoms with E-state index in [4.69, 9.17) is 4.18 Å². The number of Topliss-reactive ketones (excluding diaryl/α,β-unsaturated/α-hetero) is 1. The lowest BCUT2D eigenvalue weighted by atomic mass is 9.88. The summed E-state index contributed by atoms with van der Waals surface area (Å²) in [6.07, 6.45) is 0.486. The maximum absolute atomic E-state index is 12.5. The number of benzene rings is 2. The molecule has 1 heterocycles. The van der Waals surface area contributed by atoms with Gasteiger partial charge in [-0.1, -0.05) is 18.2 Å². The fraction of sp³-hybridized carbons (Fsp3) is 0.176. The predicted molar refractivity (Wildman–Crippen MR) is 89.8 cm³/mol. The molecule has 8 heteroatoms. The van der Waals surface area contributed by atoms with Crippen LogP contribution in [0.5, 0.6) is 5.75 Å². The van der Waals surface area contributed by atoms with Gasteiger partial charge in [-0.25, -0.2) is 0 Å². The van der Waals surface area contributed by atoms with Crippen molar-refractivity contribution < 1.29 is 27.3 Å². The predicted octanol–water partition coefficient (Wildman–Crippen LogP) is 1.44. The van der Waals surface area contributed by atoms with Gasteiger partial charge in [-0.15, -0.1) is 0 Å². The van der Waals surface area contributed by atoms with Crippen molar-refractivity contribution >= 4 is 27.5 Å². The van der Waals surface area contributed by atoms with Crippen molar-refractivity contribution in [1.82, 2.24) is 0 Å². The number of amides is 1. The summed E-state index contributed by atoms with van der Waals surface area (Å²) in [6.45, 7) is 0. The lowest BCUT2D eigenvalue weighted by molar-refractivity contribution is -0.133. The number of aliphatic hydroxyl groups is 1. The number of hydrogen-bond acceptors (Lipinski definition) is 6. The highest BCUT2D eigenvalue weighted by Gasteiger charge is 2.46. The number of para-hydroxylation sites is 1. The van der Waals surface area contributed by atoms with Crippen LogP contribution in [0.15, 0.2) is 48.5 Å². The molecule has 1 atom stereocenters. The molecule has 1 unspecified atom stereocenters. The van der Waals surface area contributed by atoms with Gasteiger partial charge in [-0.3, -0.25) is 9.59 Å². The molecule has 0 fully saturated rings. The Kier molecular flexibility index (Phi) is 4.09. The van der Waals surface area contributed by atoms with Gasteiger partial charge in [0.25, 0.3) is 5.91 Å². The van der Waals surface area contributed by atoms with Crippen LogP contribution < -0.4 is 9.50 Å². The van der Waals surface area contributed by atoms with Crippen molar-refractivity contribution in [2.75, 3.05) is 11.6 Å². The number of carbonyl (C=O) groups is 2. The molecule has 3 rings (SSSR count). The number of carbonyl (C=O) groups excluding carboxylic acids is 2. The summed E-state index contributed by atoms with van der Waals surface area (Å²) < 4.78 is 26.9. The van der Waals surface area contributed by atoms with E-state index in [2.05, 4.69) is 5.32 Å². The van der Waals surface area contributed by atoms with Crippen molar-refractivity contribution in [3.8, 4) is 5.75 Å². The fourth-order valence-electron chi connectivity index (χ4n) is 2.68. The van der Waals surface area contributed by atoms with Crippen molar-refractivity contribution in [3.63, 3.8) is 0 Å². The molecule has 0 spiro atoms. The van der Waals surface area contributed by atoms with Gasteiger partial charge in [0, 0.05) is 16.8 Å². The molecular weight excluding hydrogens is 346 g/mol. The Morgan fingerprint density at radius 1 is 1.16 bits per heavy atom. The van der Waals surface area contributed by atoms with Crippen molar-refractivity contribution in [3.05, 3.63) is 59.7 Å². The van der Waals surface area contributed by atoms with Crippen LogP contribution in [0.2, 0.25) is 0 Å². The summed E-state index contributed by atoms with van der Waals surface area (Å²) in [7, 11) is -3.66. The molecule has 1 amide bonds. The van der Waals surface area contributed by atoms with E-state index in [9.17, 15) is 23.1 Å². The number of ketones is 1. The first-order valence-corrected chi connectivity index (χ1v) is 9.17. The van der Waals surface area contributed by atoms with Crippen LogP contribution in [0.3, 0.4) is 0 Å². The zero-order valence-electron chi connectivity index (χ0n) is 13.2. The van der Waals surface area contributed by atoms with Crippen LogP contribution in [0.1, 0.15) is 22.3 Å². The average molecular weight is 361 g/mol. The molecule has 0 radical (unpaired) electrons. The quantitative estimate of drug-likeness (QED) is 0.616. The molecule has 1 aliphatic heterocycles. The highest BCUT2D eigenvalue weighted by molar-refractivity contribution is 7.86. The number of rotatable bonds is 5. The molecule has 0 saturated heterocycles. The first kappa shape index (κ1) is 17.1. The van der Waals surface area contributed by atoms with Gasteiger partial charge in [0.2, 0.25) is 0 Å². The largest absolute Gasteiger partial charge is 0.383 e. The highest BCUT2D eigenvalue weighted by Crippen LogP contribution is 2.38. The number of anilines is 1. The Labute approximate surface area is 144 Å². The van der Waals surface area contributed by atoms with E-state index in [1.54, 1.807) is 24.3 Å². The maximum Gasteiger partial charge on any atom is 0.306 e. The normalized spacial score (nSPS) is 19.2. The SMILES string of the molecule is CS(=O)(=O)Oc1ccc(C(=O)CC2(O)C(=O)Nc3ccccc32)cc1. The maximum atomic E-state index is 12.5. The zero-order chi connectivity index (χ0) is 18.2. The van der Waals surface area contributed by atoms with E-state index in [-0.39, 0.29) is 11.3 Å². The Bertz CT molecular complexity index is 951. The fourth-order valence-corrected chi connectivity index (χ4v) is 3.14. The summed E-state index contributed by atoms with van der Waals surface area (Å²) in [4.78, 5) is 24.6. The summed E-state index contributed by atoms with van der Waals surface area (Å²) in [6, 6.07) is 12.0. The van der Waals surface area contributed by atoms with Crippen LogP contribution in [0.25, 0.3) is 0 Å². The molecule has 1 aliphatic rings. The number of fused-ring (bicyclic) bond motifs is 1. The third kappa shape index (κ3) is 3.40. The molecule has 130 valence electrons. The monoisotopic (exact) mass is 361 g/mol. The van der Waals surface area contributed by atoms with Crippen molar-refractivity contribution in [2.45, 2.75) is 12.0 Å². The standard InChI is InChI=1S/C17H15NO6S/c1-25(22,23)24-12-8-6-11(7-9-12)15(19)10-17(21)13-4-2-3-5-14(13)18-16(17)20/h2-9,21H,10H2,1H3,(H,18,20). The molecule has 2 aromatic carbocycles. The summed E-state index contributed by atoms with van der Waals surface area (Å²) in [5, 5.41) is 13.3. The first-order valence-electron chi connectivity index (χ1n) is 7.35. The van der Waals surface area contributed by atoms with Crippen molar-refractivity contribution in [2.24, 2.45) is 0 Å². The van der Waals surface area contributed by atoms with Crippen LogP contribution in [0, 0.1) is 0 Å². The Morgan fingerprint density at radius 3 is 2.44 bits per heavy atom. The van der Waals surface area contributed by atoms with Crippen LogP contribution in [-0.4, -0.2) is 31.5 Å². The van der Waals surface area contributed by atoms with E-state index in [1.165, 1.54) is 24.3 Å². The van der Waals surface area contributed by atoms with Gasteiger partial charge >= 0.3 is 10.1 Å². The van der Waals surface area contributed by atoms with E-state index in [1.807, 2.05) is 0 Å². The van der Waals surface area contributed by atoms with Crippen LogP contribution >= 0.6 is 0 Å². The Balaban J connectivity index is 1.82. The van der Waals surface area contributed by atoms with E-state index in [0.29, 0.717) is 11.3 Å². The second kappa shape index (κ2) is 5.98. The van der Waals surface area contributed by atoms with E-state index >= 15 is 0 Å². The lowest BCUT2D eigenvalue weighted by Crippen LogP contribution is -2.36. The molecule has 0 aromatic heterocycles. The molecule has 0 aliphatic carbocycles. The minimum Gasteiger partial charge on any atom is -0.383 e. The minimum atomic E-state index is -3.66. The van der Waals surface area contributed by atoms with Crippen LogP contribution in [0.4, 0.5) is 5.69 Å². The Hall–Kier alpha value is -2.71. The molecule has 2 N–H and O–H groups in total. The molecular formula is C17H15NO6S. The third-order valence-corrected chi connectivity index (χ3v) is 4.33. The van der Waals surface area contributed by atoms with Gasteiger partial charge in [0.15, 0.2) is 11.4 Å². The molecule has 0 bridgehead atoms. The van der Waals surface area contributed by atoms with E-state index < -0.39 is 33.8 Å². The molecule has 7 nitrogen and oxygen atoms in total. The molecule has 2 aromatic rings. The zero-order valence-corrected chi connectivity index (χ0v) is 14.0. The second-order valence-electron chi connectivity index (χ2n) is 5.77. The van der Waals surface area contributed by atoms with E-state index in [0.717, 1.165) is 6.26 Å².